The van der Waals surface area contributed by atoms with Gasteiger partial charge in [0, 0.05) is 4.47 Å². The second kappa shape index (κ2) is 5.63. The molecule has 1 aromatic heterocycles. The third kappa shape index (κ3) is 3.56. The predicted octanol–water partition coefficient (Wildman–Crippen LogP) is 1.37. The molecule has 18 heavy (non-hydrogen) atoms. The molecule has 6 nitrogen and oxygen atoms in total. The van der Waals surface area contributed by atoms with Crippen LogP contribution in [0.25, 0.3) is 0 Å². The van der Waals surface area contributed by atoms with Crippen molar-refractivity contribution in [3.8, 4) is 0 Å². The van der Waals surface area contributed by atoms with E-state index in [9.17, 15) is 4.79 Å². The molecular weight excluding hydrogens is 300 g/mol. The van der Waals surface area contributed by atoms with E-state index in [0.29, 0.717) is 0 Å². The molecule has 0 spiro atoms. The number of carbonyl (C=O) groups excluding carboxylic acids is 1. The fraction of sp³-hybridized carbons (Fsp3) is 0.182. The van der Waals surface area contributed by atoms with Gasteiger partial charge < -0.3 is 10.5 Å². The first-order chi connectivity index (χ1) is 8.63. The van der Waals surface area contributed by atoms with Gasteiger partial charge in [-0.2, -0.15) is 0 Å². The van der Waals surface area contributed by atoms with Crippen molar-refractivity contribution in [2.45, 2.75) is 13.2 Å². The lowest BCUT2D eigenvalue weighted by Gasteiger charge is -2.05. The Balaban J connectivity index is 1.85. The van der Waals surface area contributed by atoms with E-state index < -0.39 is 0 Å². The van der Waals surface area contributed by atoms with E-state index in [4.69, 9.17) is 10.5 Å². The zero-order valence-corrected chi connectivity index (χ0v) is 11.0. The molecule has 2 aromatic rings. The molecule has 7 heteroatoms. The van der Waals surface area contributed by atoms with Crippen LogP contribution in [0.4, 0.5) is 5.95 Å². The fourth-order valence-corrected chi connectivity index (χ4v) is 1.80. The number of halogens is 1. The zero-order valence-electron chi connectivity index (χ0n) is 9.41. The van der Waals surface area contributed by atoms with Crippen molar-refractivity contribution in [2.24, 2.45) is 0 Å². The number of nitrogens with zero attached hydrogens (tertiary/aromatic N) is 3. The second-order valence-electron chi connectivity index (χ2n) is 3.59. The van der Waals surface area contributed by atoms with E-state index in [-0.39, 0.29) is 25.1 Å². The van der Waals surface area contributed by atoms with E-state index in [1.165, 1.54) is 11.0 Å². The van der Waals surface area contributed by atoms with Crippen molar-refractivity contribution in [2.75, 3.05) is 5.73 Å². The predicted molar refractivity (Wildman–Crippen MR) is 68.4 cm³/mol. The van der Waals surface area contributed by atoms with E-state index in [1.807, 2.05) is 24.3 Å². The van der Waals surface area contributed by atoms with Crippen LogP contribution in [0.5, 0.6) is 0 Å². The van der Waals surface area contributed by atoms with Crippen LogP contribution in [0.15, 0.2) is 35.1 Å². The Morgan fingerprint density at radius 3 is 3.00 bits per heavy atom. The van der Waals surface area contributed by atoms with Gasteiger partial charge in [0.05, 0.1) is 0 Å². The standard InChI is InChI=1S/C11H11BrN4O2/c12-9-3-1-2-8(4-9)6-18-10(17)5-16-7-14-11(13)15-16/h1-4,7H,5-6H2,(H2,13,15). The minimum Gasteiger partial charge on any atom is -0.459 e. The summed E-state index contributed by atoms with van der Waals surface area (Å²) < 4.78 is 7.38. The van der Waals surface area contributed by atoms with E-state index >= 15 is 0 Å². The number of rotatable bonds is 4. The maximum absolute atomic E-state index is 11.5. The molecule has 1 aromatic carbocycles. The number of hydrogen-bond acceptors (Lipinski definition) is 5. The maximum atomic E-state index is 11.5. The molecule has 0 radical (unpaired) electrons. The molecule has 2 N–H and O–H groups in total. The molecule has 0 fully saturated rings. The van der Waals surface area contributed by atoms with E-state index in [1.54, 1.807) is 0 Å². The summed E-state index contributed by atoms with van der Waals surface area (Å²) in [5, 5.41) is 3.79. The summed E-state index contributed by atoms with van der Waals surface area (Å²) in [4.78, 5) is 15.2. The molecule has 0 aliphatic carbocycles. The molecule has 0 amide bonds. The van der Waals surface area contributed by atoms with Gasteiger partial charge in [-0.1, -0.05) is 28.1 Å². The van der Waals surface area contributed by atoms with Gasteiger partial charge in [0.1, 0.15) is 19.5 Å². The van der Waals surface area contributed by atoms with Gasteiger partial charge in [-0.25, -0.2) is 9.67 Å². The molecule has 0 saturated heterocycles. The Bertz CT molecular complexity index is 555. The molecule has 0 unspecified atom stereocenters. The summed E-state index contributed by atoms with van der Waals surface area (Å²) in [6.07, 6.45) is 1.38. The number of benzene rings is 1. The van der Waals surface area contributed by atoms with Crippen molar-refractivity contribution in [3.05, 3.63) is 40.6 Å². The molecule has 2 rings (SSSR count). The number of anilines is 1. The lowest BCUT2D eigenvalue weighted by molar-refractivity contribution is -0.145. The number of ether oxygens (including phenoxy) is 1. The van der Waals surface area contributed by atoms with Crippen LogP contribution >= 0.6 is 15.9 Å². The number of nitrogen functional groups attached to an aromatic ring is 1. The summed E-state index contributed by atoms with van der Waals surface area (Å²) in [6.45, 7) is 0.223. The number of hydrogen-bond donors (Lipinski definition) is 1. The Hall–Kier alpha value is -1.89. The highest BCUT2D eigenvalue weighted by molar-refractivity contribution is 9.10. The van der Waals surface area contributed by atoms with Gasteiger partial charge in [-0.15, -0.1) is 5.10 Å². The highest BCUT2D eigenvalue weighted by Crippen LogP contribution is 2.12. The lowest BCUT2D eigenvalue weighted by Crippen LogP contribution is -2.14. The van der Waals surface area contributed by atoms with Crippen molar-refractivity contribution >= 4 is 27.8 Å². The molecule has 0 atom stereocenters. The van der Waals surface area contributed by atoms with Crippen molar-refractivity contribution in [1.29, 1.82) is 0 Å². The summed E-state index contributed by atoms with van der Waals surface area (Å²) in [6, 6.07) is 7.56. The average Bonchev–Trinajstić information content (AvgIpc) is 2.72. The van der Waals surface area contributed by atoms with Gasteiger partial charge in [0.2, 0.25) is 5.95 Å². The third-order valence-electron chi connectivity index (χ3n) is 2.13. The smallest absolute Gasteiger partial charge is 0.328 e. The van der Waals surface area contributed by atoms with Crippen molar-refractivity contribution in [1.82, 2.24) is 14.8 Å². The zero-order chi connectivity index (χ0) is 13.0. The molecular formula is C11H11BrN4O2. The number of nitrogens with two attached hydrogens (primary N) is 1. The Morgan fingerprint density at radius 2 is 2.33 bits per heavy atom. The number of carbonyl (C=O) groups is 1. The first-order valence-electron chi connectivity index (χ1n) is 5.18. The normalized spacial score (nSPS) is 10.3. The summed E-state index contributed by atoms with van der Waals surface area (Å²) in [5.41, 5.74) is 6.25. The summed E-state index contributed by atoms with van der Waals surface area (Å²) in [7, 11) is 0. The third-order valence-corrected chi connectivity index (χ3v) is 2.63. The molecule has 0 aliphatic rings. The minimum atomic E-state index is -0.389. The maximum Gasteiger partial charge on any atom is 0.328 e. The molecule has 94 valence electrons. The average molecular weight is 311 g/mol. The molecule has 0 bridgehead atoms. The van der Waals surface area contributed by atoms with Gasteiger partial charge in [-0.3, -0.25) is 4.79 Å². The van der Waals surface area contributed by atoms with Crippen LogP contribution in [0.1, 0.15) is 5.56 Å². The van der Waals surface area contributed by atoms with Crippen LogP contribution in [0.3, 0.4) is 0 Å². The van der Waals surface area contributed by atoms with E-state index in [0.717, 1.165) is 10.0 Å². The SMILES string of the molecule is Nc1ncn(CC(=O)OCc2cccc(Br)c2)n1. The van der Waals surface area contributed by atoms with Gasteiger partial charge >= 0.3 is 5.97 Å². The topological polar surface area (TPSA) is 83.0 Å². The van der Waals surface area contributed by atoms with Crippen molar-refractivity contribution in [3.63, 3.8) is 0 Å². The highest BCUT2D eigenvalue weighted by atomic mass is 79.9. The van der Waals surface area contributed by atoms with Crippen LogP contribution in [0, 0.1) is 0 Å². The monoisotopic (exact) mass is 310 g/mol. The van der Waals surface area contributed by atoms with Gasteiger partial charge in [-0.05, 0) is 17.7 Å². The number of aromatic nitrogens is 3. The second-order valence-corrected chi connectivity index (χ2v) is 4.51. The Labute approximate surface area is 112 Å². The quantitative estimate of drug-likeness (QED) is 0.862. The van der Waals surface area contributed by atoms with Crippen molar-refractivity contribution < 1.29 is 9.53 Å². The minimum absolute atomic E-state index is 0.00178. The largest absolute Gasteiger partial charge is 0.459 e. The molecule has 0 aliphatic heterocycles. The Kier molecular flexibility index (Phi) is 3.93. The number of esters is 1. The molecule has 1 heterocycles. The summed E-state index contributed by atoms with van der Waals surface area (Å²) >= 11 is 3.35. The van der Waals surface area contributed by atoms with Crippen LogP contribution < -0.4 is 5.73 Å². The first-order valence-corrected chi connectivity index (χ1v) is 5.98. The van der Waals surface area contributed by atoms with Gasteiger partial charge in [0.25, 0.3) is 0 Å². The lowest BCUT2D eigenvalue weighted by atomic mass is 10.2. The van der Waals surface area contributed by atoms with Crippen LogP contribution in [0.2, 0.25) is 0 Å². The van der Waals surface area contributed by atoms with Gasteiger partial charge in [0.15, 0.2) is 0 Å². The molecule has 0 saturated carbocycles. The van der Waals surface area contributed by atoms with E-state index in [2.05, 4.69) is 26.0 Å². The Morgan fingerprint density at radius 1 is 1.50 bits per heavy atom. The first kappa shape index (κ1) is 12.6. The van der Waals surface area contributed by atoms with Crippen LogP contribution in [-0.4, -0.2) is 20.7 Å². The fourth-order valence-electron chi connectivity index (χ4n) is 1.35. The highest BCUT2D eigenvalue weighted by Gasteiger charge is 2.06. The summed E-state index contributed by atoms with van der Waals surface area (Å²) in [5.74, 6) is -0.255. The van der Waals surface area contributed by atoms with Crippen LogP contribution in [-0.2, 0) is 22.7 Å².